The molecule has 6 rings (SSSR count). The molecule has 0 unspecified atom stereocenters. The summed E-state index contributed by atoms with van der Waals surface area (Å²) in [6.45, 7) is 0. The largest absolute Gasteiger partial charge is 0.0619 e. The molecule has 28 heavy (non-hydrogen) atoms. The van der Waals surface area contributed by atoms with Gasteiger partial charge in [-0.1, -0.05) is 84.9 Å². The second-order valence-electron chi connectivity index (χ2n) is 7.73. The average molecular weight is 395 g/mol. The predicted molar refractivity (Wildman–Crippen MR) is 112 cm³/mol. The van der Waals surface area contributed by atoms with Gasteiger partial charge >= 0.3 is 0 Å². The van der Waals surface area contributed by atoms with Gasteiger partial charge in [-0.15, -0.1) is 0 Å². The number of hydrogen-bond donors (Lipinski definition) is 0. The van der Waals surface area contributed by atoms with E-state index in [9.17, 15) is 0 Å². The van der Waals surface area contributed by atoms with Crippen molar-refractivity contribution in [1.29, 1.82) is 0 Å². The van der Waals surface area contributed by atoms with Crippen LogP contribution in [0.3, 0.4) is 0 Å². The maximum absolute atomic E-state index is 2.33. The van der Waals surface area contributed by atoms with Crippen molar-refractivity contribution < 1.29 is 18.6 Å². The molecule has 0 fully saturated rings. The normalized spacial score (nSPS) is 12.6. The second kappa shape index (κ2) is 6.81. The molecule has 0 aliphatic heterocycles. The van der Waals surface area contributed by atoms with E-state index < -0.39 is 0 Å². The van der Waals surface area contributed by atoms with E-state index in [1.807, 2.05) is 0 Å². The van der Waals surface area contributed by atoms with Crippen molar-refractivity contribution in [1.82, 2.24) is 0 Å². The summed E-state index contributed by atoms with van der Waals surface area (Å²) in [5.41, 5.74) is 14.6. The van der Waals surface area contributed by atoms with Crippen molar-refractivity contribution >= 4 is 0 Å². The van der Waals surface area contributed by atoms with Gasteiger partial charge in [0.2, 0.25) is 0 Å². The van der Waals surface area contributed by atoms with Crippen LogP contribution < -0.4 is 0 Å². The average Bonchev–Trinajstić information content (AvgIpc) is 3.28. The van der Waals surface area contributed by atoms with Crippen molar-refractivity contribution in [2.45, 2.75) is 19.3 Å². The minimum absolute atomic E-state index is 0. The number of fused-ring (bicyclic) bond motifs is 6. The van der Waals surface area contributed by atoms with E-state index >= 15 is 0 Å². The molecule has 0 amide bonds. The Bertz CT molecular complexity index is 1110. The van der Waals surface area contributed by atoms with Crippen molar-refractivity contribution in [3.05, 3.63) is 118 Å². The van der Waals surface area contributed by atoms with Crippen LogP contribution >= 0.6 is 0 Å². The number of rotatable bonds is 2. The van der Waals surface area contributed by atoms with Crippen LogP contribution in [-0.4, -0.2) is 0 Å². The first-order chi connectivity index (χ1) is 13.4. The molecule has 0 aromatic heterocycles. The minimum atomic E-state index is 0. The first-order valence-electron chi connectivity index (χ1n) is 9.76. The fraction of sp³-hybridized carbons (Fsp3) is 0.111. The van der Waals surface area contributed by atoms with Crippen molar-refractivity contribution in [2.24, 2.45) is 0 Å². The molecule has 0 nitrogen and oxygen atoms in total. The quantitative estimate of drug-likeness (QED) is 0.317. The van der Waals surface area contributed by atoms with Crippen LogP contribution in [0, 0.1) is 0 Å². The second-order valence-corrected chi connectivity index (χ2v) is 7.73. The molecule has 133 valence electrons. The van der Waals surface area contributed by atoms with Gasteiger partial charge in [-0.05, 0) is 74.9 Å². The van der Waals surface area contributed by atoms with Gasteiger partial charge in [0.05, 0.1) is 0 Å². The van der Waals surface area contributed by atoms with E-state index in [1.54, 1.807) is 0 Å². The van der Waals surface area contributed by atoms with Crippen LogP contribution in [0.1, 0.15) is 33.4 Å². The van der Waals surface area contributed by atoms with E-state index in [1.165, 1.54) is 55.6 Å². The maximum Gasteiger partial charge on any atom is 0 e. The fourth-order valence-corrected chi connectivity index (χ4v) is 4.98. The summed E-state index contributed by atoms with van der Waals surface area (Å²) in [4.78, 5) is 0. The molecule has 0 atom stereocenters. The molecule has 2 aliphatic carbocycles. The van der Waals surface area contributed by atoms with Crippen LogP contribution in [-0.2, 0) is 37.8 Å². The van der Waals surface area contributed by atoms with Crippen LogP contribution in [0.2, 0.25) is 0 Å². The molecule has 4 aromatic rings. The molecular formula is C27H20V. The van der Waals surface area contributed by atoms with E-state index in [4.69, 9.17) is 0 Å². The Morgan fingerprint density at radius 1 is 0.464 bits per heavy atom. The Labute approximate surface area is 178 Å². The van der Waals surface area contributed by atoms with Gasteiger partial charge < -0.3 is 0 Å². The van der Waals surface area contributed by atoms with Crippen molar-refractivity contribution in [3.63, 3.8) is 0 Å². The minimum Gasteiger partial charge on any atom is -0.0619 e. The van der Waals surface area contributed by atoms with E-state index in [-0.39, 0.29) is 18.6 Å². The monoisotopic (exact) mass is 395 g/mol. The molecular weight excluding hydrogens is 375 g/mol. The summed E-state index contributed by atoms with van der Waals surface area (Å²) in [5, 5.41) is 0. The molecule has 0 N–H and O–H groups in total. The summed E-state index contributed by atoms with van der Waals surface area (Å²) in [6, 6.07) is 31.4. The zero-order chi connectivity index (χ0) is 17.8. The molecule has 0 spiro atoms. The molecule has 1 heteroatoms. The van der Waals surface area contributed by atoms with Gasteiger partial charge in [0.15, 0.2) is 0 Å². The zero-order valence-electron chi connectivity index (χ0n) is 15.7. The predicted octanol–water partition coefficient (Wildman–Crippen LogP) is 6.42. The third kappa shape index (κ3) is 2.60. The molecule has 0 saturated carbocycles. The molecule has 0 bridgehead atoms. The van der Waals surface area contributed by atoms with Gasteiger partial charge in [-0.3, -0.25) is 0 Å². The molecule has 0 heterocycles. The topological polar surface area (TPSA) is 0 Å². The van der Waals surface area contributed by atoms with E-state index in [0.29, 0.717) is 0 Å². The fourth-order valence-electron chi connectivity index (χ4n) is 4.98. The zero-order valence-corrected chi connectivity index (χ0v) is 17.0. The van der Waals surface area contributed by atoms with Crippen LogP contribution in [0.15, 0.2) is 84.9 Å². The first kappa shape index (κ1) is 17.6. The first-order valence-corrected chi connectivity index (χ1v) is 9.76. The van der Waals surface area contributed by atoms with Gasteiger partial charge in [0.1, 0.15) is 0 Å². The SMILES string of the molecule is [V].c1ccc2c(c1)Cc1c(Cc3cccc4c3Cc3ccccc3-4)cccc1-2. The van der Waals surface area contributed by atoms with Crippen LogP contribution in [0.25, 0.3) is 22.3 Å². The van der Waals surface area contributed by atoms with Gasteiger partial charge in [0.25, 0.3) is 0 Å². The Morgan fingerprint density at radius 2 is 0.893 bits per heavy atom. The summed E-state index contributed by atoms with van der Waals surface area (Å²) in [6.07, 6.45) is 3.15. The molecule has 4 aromatic carbocycles. The van der Waals surface area contributed by atoms with Gasteiger partial charge in [0, 0.05) is 18.6 Å². The summed E-state index contributed by atoms with van der Waals surface area (Å²) in [7, 11) is 0. The Morgan fingerprint density at radius 3 is 1.39 bits per heavy atom. The Balaban J connectivity index is 0.00000171. The van der Waals surface area contributed by atoms with Crippen LogP contribution in [0.5, 0.6) is 0 Å². The summed E-state index contributed by atoms with van der Waals surface area (Å²) >= 11 is 0. The number of benzene rings is 4. The van der Waals surface area contributed by atoms with Gasteiger partial charge in [-0.25, -0.2) is 0 Å². The third-order valence-corrected chi connectivity index (χ3v) is 6.28. The van der Waals surface area contributed by atoms with E-state index in [0.717, 1.165) is 19.3 Å². The molecule has 0 saturated heterocycles. The number of hydrogen-bond acceptors (Lipinski definition) is 0. The van der Waals surface area contributed by atoms with Gasteiger partial charge in [-0.2, -0.15) is 0 Å². The van der Waals surface area contributed by atoms with Crippen LogP contribution in [0.4, 0.5) is 0 Å². The molecule has 1 radical (unpaired) electrons. The third-order valence-electron chi connectivity index (χ3n) is 6.28. The van der Waals surface area contributed by atoms with Crippen molar-refractivity contribution in [2.75, 3.05) is 0 Å². The molecule has 2 aliphatic rings. The summed E-state index contributed by atoms with van der Waals surface area (Å²) < 4.78 is 0. The standard InChI is InChI=1S/C27H20.V/c1-3-11-22-20(7-1)16-26-18(9-5-13-24(22)26)15-19-10-6-14-25-23-12-4-2-8-21(23)17-27(19)25;/h1-14H,15-17H2;. The van der Waals surface area contributed by atoms with Crippen molar-refractivity contribution in [3.8, 4) is 22.3 Å². The summed E-state index contributed by atoms with van der Waals surface area (Å²) in [5.74, 6) is 0. The Kier molecular flexibility index (Phi) is 4.27. The van der Waals surface area contributed by atoms with E-state index in [2.05, 4.69) is 84.9 Å². The maximum atomic E-state index is 2.33. The smallest absolute Gasteiger partial charge is 0 e. The Hall–Kier alpha value is -2.54.